The molecule has 0 aliphatic carbocycles. The van der Waals surface area contributed by atoms with Crippen molar-refractivity contribution in [3.8, 4) is 0 Å². The summed E-state index contributed by atoms with van der Waals surface area (Å²) in [7, 11) is -4.16. The van der Waals surface area contributed by atoms with Crippen molar-refractivity contribution in [2.24, 2.45) is 0 Å². The first kappa shape index (κ1) is 34.8. The highest BCUT2D eigenvalue weighted by Gasteiger charge is 2.26. The van der Waals surface area contributed by atoms with E-state index >= 15 is 0 Å². The molecule has 37 heavy (non-hydrogen) atoms. The van der Waals surface area contributed by atoms with Gasteiger partial charge in [0.15, 0.2) is 0 Å². The molecule has 0 spiro atoms. The standard InChI is InChI=1S/C29H52BrO6P/c1-3-4-5-6-7-8-9-10-11-12-13-14-15-19-22-33-25-29(34-24-28-20-17-16-18-21-28)26-35-37(31,32)36-27(2)23-30/h16-18,20-21,27,29H,3-15,19,22-26H2,1-2H3,(H,31,32). The van der Waals surface area contributed by atoms with E-state index in [1.807, 2.05) is 30.3 Å². The largest absolute Gasteiger partial charge is 0.472 e. The second-order valence-corrected chi connectivity index (χ2v) is 12.0. The van der Waals surface area contributed by atoms with Gasteiger partial charge in [-0.05, 0) is 18.9 Å². The minimum absolute atomic E-state index is 0.0750. The molecule has 0 radical (unpaired) electrons. The summed E-state index contributed by atoms with van der Waals surface area (Å²) in [5.74, 6) is 0. The quantitative estimate of drug-likeness (QED) is 0.0644. The van der Waals surface area contributed by atoms with Crippen LogP contribution in [0.15, 0.2) is 30.3 Å². The molecule has 0 aromatic heterocycles. The Morgan fingerprint density at radius 2 is 1.38 bits per heavy atom. The number of phosphoric acid groups is 1. The van der Waals surface area contributed by atoms with Crippen LogP contribution in [-0.2, 0) is 29.7 Å². The Hall–Kier alpha value is -0.270. The zero-order valence-corrected chi connectivity index (χ0v) is 25.8. The Bertz CT molecular complexity index is 678. The summed E-state index contributed by atoms with van der Waals surface area (Å²) in [5.41, 5.74) is 1.02. The molecule has 3 atom stereocenters. The van der Waals surface area contributed by atoms with Crippen LogP contribution in [-0.4, -0.2) is 42.3 Å². The van der Waals surface area contributed by atoms with Crippen molar-refractivity contribution in [1.29, 1.82) is 0 Å². The lowest BCUT2D eigenvalue weighted by atomic mass is 10.0. The minimum Gasteiger partial charge on any atom is -0.379 e. The van der Waals surface area contributed by atoms with Crippen molar-refractivity contribution in [1.82, 2.24) is 0 Å². The minimum atomic E-state index is -4.16. The summed E-state index contributed by atoms with van der Waals surface area (Å²) >= 11 is 3.23. The van der Waals surface area contributed by atoms with Crippen LogP contribution in [0.25, 0.3) is 0 Å². The summed E-state index contributed by atoms with van der Waals surface area (Å²) in [5, 5.41) is 0.442. The number of alkyl halides is 1. The van der Waals surface area contributed by atoms with Crippen LogP contribution in [0.1, 0.15) is 109 Å². The van der Waals surface area contributed by atoms with Crippen LogP contribution < -0.4 is 0 Å². The van der Waals surface area contributed by atoms with Gasteiger partial charge in [-0.15, -0.1) is 0 Å². The molecular weight excluding hydrogens is 555 g/mol. The topological polar surface area (TPSA) is 74.2 Å². The average Bonchev–Trinajstić information content (AvgIpc) is 2.89. The molecule has 216 valence electrons. The van der Waals surface area contributed by atoms with Crippen LogP contribution in [0.3, 0.4) is 0 Å². The summed E-state index contributed by atoms with van der Waals surface area (Å²) in [6, 6.07) is 9.81. The normalized spacial score (nSPS) is 14.9. The molecule has 0 heterocycles. The number of hydrogen-bond acceptors (Lipinski definition) is 5. The molecule has 1 aromatic rings. The predicted molar refractivity (Wildman–Crippen MR) is 156 cm³/mol. The Balaban J connectivity index is 2.15. The maximum atomic E-state index is 12.2. The van der Waals surface area contributed by atoms with Gasteiger partial charge in [0.05, 0.1) is 25.9 Å². The monoisotopic (exact) mass is 606 g/mol. The first-order valence-corrected chi connectivity index (χ1v) is 17.0. The van der Waals surface area contributed by atoms with E-state index < -0.39 is 20.0 Å². The van der Waals surface area contributed by atoms with Gasteiger partial charge in [-0.1, -0.05) is 137 Å². The highest BCUT2D eigenvalue weighted by Crippen LogP contribution is 2.44. The second-order valence-electron chi connectivity index (χ2n) is 9.92. The number of benzene rings is 1. The van der Waals surface area contributed by atoms with E-state index in [9.17, 15) is 9.46 Å². The smallest absolute Gasteiger partial charge is 0.379 e. The molecule has 1 N–H and O–H groups in total. The third-order valence-corrected chi connectivity index (χ3v) is 8.24. The van der Waals surface area contributed by atoms with E-state index in [4.69, 9.17) is 18.5 Å². The summed E-state index contributed by atoms with van der Waals surface area (Å²) in [6.07, 6.45) is 17.6. The lowest BCUT2D eigenvalue weighted by Gasteiger charge is -2.21. The highest BCUT2D eigenvalue weighted by atomic mass is 79.9. The molecule has 0 fully saturated rings. The predicted octanol–water partition coefficient (Wildman–Crippen LogP) is 8.99. The number of phosphoric ester groups is 1. The molecule has 0 saturated heterocycles. The molecule has 0 bridgehead atoms. The van der Waals surface area contributed by atoms with Gasteiger partial charge in [-0.25, -0.2) is 4.57 Å². The Kier molecular flexibility index (Phi) is 22.2. The van der Waals surface area contributed by atoms with Crippen molar-refractivity contribution in [2.45, 2.75) is 123 Å². The van der Waals surface area contributed by atoms with E-state index in [1.54, 1.807) is 6.92 Å². The molecule has 6 nitrogen and oxygen atoms in total. The molecular formula is C29H52BrO6P. The van der Waals surface area contributed by atoms with Gasteiger partial charge in [0.1, 0.15) is 6.10 Å². The van der Waals surface area contributed by atoms with Crippen molar-refractivity contribution in [2.75, 3.05) is 25.2 Å². The van der Waals surface area contributed by atoms with Crippen LogP contribution in [0, 0.1) is 0 Å². The first-order valence-electron chi connectivity index (χ1n) is 14.4. The third-order valence-electron chi connectivity index (χ3n) is 6.23. The van der Waals surface area contributed by atoms with E-state index in [-0.39, 0.29) is 6.61 Å². The summed E-state index contributed by atoms with van der Waals surface area (Å²) in [6.45, 7) is 5.23. The zero-order chi connectivity index (χ0) is 27.0. The Morgan fingerprint density at radius 3 is 1.92 bits per heavy atom. The van der Waals surface area contributed by atoms with Crippen molar-refractivity contribution in [3.05, 3.63) is 35.9 Å². The Labute approximate surface area is 234 Å². The molecule has 8 heteroatoms. The number of rotatable bonds is 26. The van der Waals surface area contributed by atoms with Crippen LogP contribution in [0.4, 0.5) is 0 Å². The van der Waals surface area contributed by atoms with E-state index in [2.05, 4.69) is 22.9 Å². The molecule has 3 unspecified atom stereocenters. The van der Waals surface area contributed by atoms with Gasteiger partial charge < -0.3 is 14.4 Å². The molecule has 1 rings (SSSR count). The van der Waals surface area contributed by atoms with Crippen LogP contribution >= 0.6 is 23.8 Å². The van der Waals surface area contributed by atoms with E-state index in [1.165, 1.54) is 77.0 Å². The van der Waals surface area contributed by atoms with Gasteiger partial charge in [-0.2, -0.15) is 0 Å². The number of hydrogen-bond donors (Lipinski definition) is 1. The summed E-state index contributed by atoms with van der Waals surface area (Å²) in [4.78, 5) is 9.96. The number of ether oxygens (including phenoxy) is 2. The molecule has 0 amide bonds. The zero-order valence-electron chi connectivity index (χ0n) is 23.3. The Morgan fingerprint density at radius 1 is 0.838 bits per heavy atom. The fourth-order valence-electron chi connectivity index (χ4n) is 4.01. The van der Waals surface area contributed by atoms with E-state index in [0.717, 1.165) is 18.4 Å². The fourth-order valence-corrected chi connectivity index (χ4v) is 5.29. The van der Waals surface area contributed by atoms with Gasteiger partial charge in [0.2, 0.25) is 0 Å². The van der Waals surface area contributed by atoms with Crippen molar-refractivity contribution >= 4 is 23.8 Å². The summed E-state index contributed by atoms with van der Waals surface area (Å²) < 4.78 is 34.2. The average molecular weight is 608 g/mol. The lowest BCUT2D eigenvalue weighted by molar-refractivity contribution is -0.0514. The van der Waals surface area contributed by atoms with Crippen molar-refractivity contribution in [3.63, 3.8) is 0 Å². The first-order chi connectivity index (χ1) is 18.0. The lowest BCUT2D eigenvalue weighted by Crippen LogP contribution is -2.26. The molecule has 0 aliphatic heterocycles. The van der Waals surface area contributed by atoms with Gasteiger partial charge in [0, 0.05) is 11.9 Å². The maximum Gasteiger partial charge on any atom is 0.472 e. The van der Waals surface area contributed by atoms with Crippen molar-refractivity contribution < 1.29 is 28.0 Å². The maximum absolute atomic E-state index is 12.2. The van der Waals surface area contributed by atoms with E-state index in [0.29, 0.717) is 25.2 Å². The number of unbranched alkanes of at least 4 members (excludes halogenated alkanes) is 13. The molecule has 0 aliphatic rings. The van der Waals surface area contributed by atoms with Crippen LogP contribution in [0.2, 0.25) is 0 Å². The van der Waals surface area contributed by atoms with Gasteiger partial charge in [-0.3, -0.25) is 9.05 Å². The molecule has 0 saturated carbocycles. The van der Waals surface area contributed by atoms with Gasteiger partial charge in [0.25, 0.3) is 0 Å². The second kappa shape index (κ2) is 23.6. The number of halogens is 1. The third kappa shape index (κ3) is 21.3. The van der Waals surface area contributed by atoms with Gasteiger partial charge >= 0.3 is 7.82 Å². The fraction of sp³-hybridized carbons (Fsp3) is 0.793. The highest BCUT2D eigenvalue weighted by molar-refractivity contribution is 9.09. The SMILES string of the molecule is CCCCCCCCCCCCCCCCOCC(COP(=O)(O)OC(C)CBr)OCc1ccccc1. The molecule has 1 aromatic carbocycles. The van der Waals surface area contributed by atoms with Crippen LogP contribution in [0.5, 0.6) is 0 Å².